The predicted molar refractivity (Wildman–Crippen MR) is 219 cm³/mol. The second-order valence-corrected chi connectivity index (χ2v) is 17.2. The minimum atomic E-state index is -1.46. The Bertz CT molecular complexity index is 2130. The van der Waals surface area contributed by atoms with Gasteiger partial charge in [0.05, 0.1) is 35.1 Å². The van der Waals surface area contributed by atoms with Crippen molar-refractivity contribution in [1.29, 1.82) is 0 Å². The molecular weight excluding hydrogens is 773 g/mol. The van der Waals surface area contributed by atoms with Crippen molar-refractivity contribution < 1.29 is 52.5 Å². The standard InChI is InChI=1S/C45H58N4O11/c1-11-35-45(8)39(47-43(54)59-45)26(4)36(50)24(2)23-44(7,55-20-14-16-30-22-33(48-60-30)32-19-18-29-15-12-13-17-31(29)46-32)40(27(5)37(51)28(6)41(53)57-35)58-42-38(52)34(49(9)10)21-25(3)56-42/h12-13,15,17-19,22,24-28,34-35,38-40,42,52H,11,20-21,23H2,1-10H3,(H,47,54)/t24-,25-,26-,27+,28-,34+,35+,38-,39-,40-,42+,44+,45-/m1/s1. The summed E-state index contributed by atoms with van der Waals surface area (Å²) in [5, 5.41) is 19.5. The molecule has 3 aliphatic heterocycles. The number of rotatable bonds is 7. The number of aliphatic hydroxyl groups excluding tert-OH is 1. The summed E-state index contributed by atoms with van der Waals surface area (Å²) in [6.07, 6.45) is -4.73. The molecule has 0 radical (unpaired) electrons. The van der Waals surface area contributed by atoms with Crippen molar-refractivity contribution in [2.24, 2.45) is 23.7 Å². The molecule has 13 atom stereocenters. The fourth-order valence-corrected chi connectivity index (χ4v) is 9.11. The molecule has 1 amide bonds. The second-order valence-electron chi connectivity index (χ2n) is 17.2. The maximum Gasteiger partial charge on any atom is 0.408 e. The number of fused-ring (bicyclic) bond motifs is 2. The maximum atomic E-state index is 14.5. The van der Waals surface area contributed by atoms with E-state index in [1.165, 1.54) is 6.92 Å². The Morgan fingerprint density at radius 1 is 0.983 bits per heavy atom. The van der Waals surface area contributed by atoms with Crippen LogP contribution in [0.15, 0.2) is 47.0 Å². The molecule has 0 saturated carbocycles. The number of carbonyl (C=O) groups is 4. The van der Waals surface area contributed by atoms with Gasteiger partial charge < -0.3 is 43.5 Å². The monoisotopic (exact) mass is 830 g/mol. The van der Waals surface area contributed by atoms with Crippen LogP contribution in [0, 0.1) is 35.5 Å². The van der Waals surface area contributed by atoms with Gasteiger partial charge in [-0.05, 0) is 79.1 Å². The number of ketones is 2. The highest BCUT2D eigenvalue weighted by atomic mass is 16.7. The van der Waals surface area contributed by atoms with E-state index in [0.29, 0.717) is 17.8 Å². The minimum Gasteiger partial charge on any atom is -0.458 e. The number of para-hydroxylation sites is 1. The van der Waals surface area contributed by atoms with Crippen molar-refractivity contribution >= 4 is 34.5 Å². The normalized spacial score (nSPS) is 35.5. The lowest BCUT2D eigenvalue weighted by Gasteiger charge is -2.47. The number of nitrogens with zero attached hydrogens (tertiary/aromatic N) is 3. The highest BCUT2D eigenvalue weighted by Crippen LogP contribution is 2.40. The first-order valence-corrected chi connectivity index (χ1v) is 20.7. The summed E-state index contributed by atoms with van der Waals surface area (Å²) < 4.78 is 36.8. The molecule has 1 aromatic carbocycles. The summed E-state index contributed by atoms with van der Waals surface area (Å²) >= 11 is 0. The Morgan fingerprint density at radius 3 is 2.43 bits per heavy atom. The second kappa shape index (κ2) is 18.1. The van der Waals surface area contributed by atoms with Crippen molar-refractivity contribution in [3.05, 3.63) is 48.2 Å². The fraction of sp³-hybridized carbons (Fsp3) is 0.600. The third-order valence-electron chi connectivity index (χ3n) is 12.5. The van der Waals surface area contributed by atoms with Crippen LogP contribution in [0.5, 0.6) is 0 Å². The van der Waals surface area contributed by atoms with Crippen LogP contribution in [0.25, 0.3) is 22.3 Å². The van der Waals surface area contributed by atoms with Crippen molar-refractivity contribution in [2.75, 3.05) is 20.7 Å². The van der Waals surface area contributed by atoms with Crippen molar-refractivity contribution in [3.8, 4) is 23.2 Å². The number of aliphatic hydroxyl groups is 1. The van der Waals surface area contributed by atoms with Gasteiger partial charge >= 0.3 is 12.1 Å². The number of benzene rings is 1. The molecule has 3 fully saturated rings. The Balaban J connectivity index is 1.36. The number of nitrogens with one attached hydrogen (secondary N) is 1. The SMILES string of the molecule is CC[C@@H]1OC(=O)[C@H](C)C(=O)[C@H](C)[C@@H](O[C@@H]2O[C@H](C)C[C@H](N(C)C)[C@H]2O)[C@@](C)(OCC#Cc2cc(-c3ccc4ccccc4n3)no2)C[C@@H](C)C(=O)[C@@H](C)[C@H]2NC(=O)O[C@]12C. The van der Waals surface area contributed by atoms with E-state index in [0.717, 1.165) is 10.9 Å². The average Bonchev–Trinajstić information content (AvgIpc) is 3.82. The Kier molecular flexibility index (Phi) is 13.5. The number of pyridine rings is 1. The average molecular weight is 831 g/mol. The molecule has 2 N–H and O–H groups in total. The molecule has 324 valence electrons. The third-order valence-corrected chi connectivity index (χ3v) is 12.5. The Labute approximate surface area is 351 Å². The molecule has 0 aliphatic carbocycles. The van der Waals surface area contributed by atoms with Gasteiger partial charge in [-0.3, -0.25) is 14.4 Å². The van der Waals surface area contributed by atoms with Crippen LogP contribution in [0.2, 0.25) is 0 Å². The zero-order valence-corrected chi connectivity index (χ0v) is 36.1. The number of hydrogen-bond acceptors (Lipinski definition) is 14. The number of aromatic nitrogens is 2. The highest BCUT2D eigenvalue weighted by molar-refractivity contribution is 6.00. The summed E-state index contributed by atoms with van der Waals surface area (Å²) in [5.41, 5.74) is -0.942. The van der Waals surface area contributed by atoms with E-state index in [9.17, 15) is 24.3 Å². The van der Waals surface area contributed by atoms with Crippen LogP contribution in [-0.2, 0) is 38.1 Å². The van der Waals surface area contributed by atoms with Gasteiger partial charge in [0.1, 0.15) is 36.2 Å². The highest BCUT2D eigenvalue weighted by Gasteiger charge is 2.57. The van der Waals surface area contributed by atoms with E-state index in [1.807, 2.05) is 62.3 Å². The van der Waals surface area contributed by atoms with Gasteiger partial charge in [-0.2, -0.15) is 0 Å². The number of Topliss-reactive ketones (excluding diaryl/α,β-unsaturated/α-hetero) is 2. The van der Waals surface area contributed by atoms with Crippen molar-refractivity contribution in [3.63, 3.8) is 0 Å². The molecule has 0 unspecified atom stereocenters. The lowest BCUT2D eigenvalue weighted by atomic mass is 9.73. The van der Waals surface area contributed by atoms with Crippen LogP contribution >= 0.6 is 0 Å². The first-order chi connectivity index (χ1) is 28.4. The molecule has 3 aromatic rings. The molecule has 6 rings (SSSR count). The summed E-state index contributed by atoms with van der Waals surface area (Å²) in [4.78, 5) is 62.1. The molecule has 3 saturated heterocycles. The summed E-state index contributed by atoms with van der Waals surface area (Å²) in [7, 11) is 3.71. The van der Waals surface area contributed by atoms with Crippen LogP contribution < -0.4 is 5.32 Å². The molecule has 2 aromatic heterocycles. The number of ether oxygens (including phenoxy) is 5. The van der Waals surface area contributed by atoms with Crippen LogP contribution in [0.4, 0.5) is 4.79 Å². The number of alkyl carbamates (subject to hydrolysis) is 1. The number of cyclic esters (lactones) is 1. The van der Waals surface area contributed by atoms with E-state index in [-0.39, 0.29) is 43.1 Å². The topological polar surface area (TPSA) is 189 Å². The molecule has 0 spiro atoms. The minimum absolute atomic E-state index is 0.0178. The molecule has 5 heterocycles. The van der Waals surface area contributed by atoms with E-state index >= 15 is 0 Å². The molecular formula is C45H58N4O11. The van der Waals surface area contributed by atoms with E-state index in [4.69, 9.17) is 28.2 Å². The molecule has 15 heteroatoms. The van der Waals surface area contributed by atoms with Crippen molar-refractivity contribution in [2.45, 2.75) is 129 Å². The van der Waals surface area contributed by atoms with Crippen molar-refractivity contribution in [1.82, 2.24) is 20.4 Å². The number of esters is 1. The number of hydrogen-bond donors (Lipinski definition) is 2. The molecule has 0 bridgehead atoms. The zero-order valence-electron chi connectivity index (χ0n) is 36.1. The number of likely N-dealkylation sites (N-methyl/N-ethyl adjacent to an activating group) is 1. The van der Waals surface area contributed by atoms with Crippen LogP contribution in [-0.4, -0.2) is 118 Å². The quantitative estimate of drug-likeness (QED) is 0.182. The number of amides is 1. The van der Waals surface area contributed by atoms with Crippen LogP contribution in [0.1, 0.15) is 80.4 Å². The number of carbonyl (C=O) groups excluding carboxylic acids is 4. The van der Waals surface area contributed by atoms with Gasteiger partial charge in [0.2, 0.25) is 5.76 Å². The third kappa shape index (κ3) is 9.13. The van der Waals surface area contributed by atoms with Gasteiger partial charge in [0.15, 0.2) is 17.7 Å². The van der Waals surface area contributed by atoms with E-state index in [1.54, 1.807) is 47.6 Å². The molecule has 3 aliphatic rings. The fourth-order valence-electron chi connectivity index (χ4n) is 9.11. The zero-order chi connectivity index (χ0) is 43.7. The summed E-state index contributed by atoms with van der Waals surface area (Å²) in [5.74, 6) is 0.770. The first kappa shape index (κ1) is 44.8. The van der Waals surface area contributed by atoms with E-state index < -0.39 is 83.4 Å². The molecule has 60 heavy (non-hydrogen) atoms. The lowest BCUT2D eigenvalue weighted by Crippen LogP contribution is -2.60. The Morgan fingerprint density at radius 2 is 1.72 bits per heavy atom. The Hall–Kier alpha value is -4.72. The summed E-state index contributed by atoms with van der Waals surface area (Å²) in [6, 6.07) is 12.0. The smallest absolute Gasteiger partial charge is 0.408 e. The van der Waals surface area contributed by atoms with Gasteiger partial charge in [0, 0.05) is 35.2 Å². The first-order valence-electron chi connectivity index (χ1n) is 20.7. The summed E-state index contributed by atoms with van der Waals surface area (Å²) in [6.45, 7) is 13.4. The largest absolute Gasteiger partial charge is 0.458 e. The predicted octanol–water partition coefficient (Wildman–Crippen LogP) is 5.10. The maximum absolute atomic E-state index is 14.5. The molecule has 15 nitrogen and oxygen atoms in total. The van der Waals surface area contributed by atoms with Gasteiger partial charge in [-0.15, -0.1) is 0 Å². The van der Waals surface area contributed by atoms with Gasteiger partial charge in [0.25, 0.3) is 0 Å². The van der Waals surface area contributed by atoms with Crippen LogP contribution in [0.3, 0.4) is 0 Å². The lowest BCUT2D eigenvalue weighted by molar-refractivity contribution is -0.296. The van der Waals surface area contributed by atoms with Gasteiger partial charge in [-0.1, -0.05) is 63.0 Å². The van der Waals surface area contributed by atoms with Gasteiger partial charge in [-0.25, -0.2) is 9.78 Å². The van der Waals surface area contributed by atoms with E-state index in [2.05, 4.69) is 27.3 Å².